The molecule has 2 N–H and O–H groups in total. The maximum atomic E-state index is 12.1. The van der Waals surface area contributed by atoms with E-state index in [0.29, 0.717) is 25.8 Å². The van der Waals surface area contributed by atoms with Crippen molar-refractivity contribution in [2.45, 2.75) is 25.8 Å². The molecule has 0 aliphatic carbocycles. The number of aromatic nitrogens is 1. The first-order chi connectivity index (χ1) is 11.2. The average molecular weight is 309 g/mol. The number of nitrogens with one attached hydrogen (secondary N) is 2. The molecule has 0 fully saturated rings. The van der Waals surface area contributed by atoms with E-state index in [1.165, 1.54) is 0 Å². The molecule has 2 aromatic rings. The van der Waals surface area contributed by atoms with Crippen molar-refractivity contribution >= 4 is 17.5 Å². The highest BCUT2D eigenvalue weighted by atomic mass is 16.2. The first-order valence-electron chi connectivity index (χ1n) is 7.77. The Morgan fingerprint density at radius 1 is 1.26 bits per heavy atom. The molecule has 0 saturated heterocycles. The van der Waals surface area contributed by atoms with E-state index in [-0.39, 0.29) is 17.7 Å². The molecule has 5 nitrogen and oxygen atoms in total. The summed E-state index contributed by atoms with van der Waals surface area (Å²) in [6.07, 6.45) is 5.02. The fraction of sp³-hybridized carbons (Fsp3) is 0.278. The van der Waals surface area contributed by atoms with Gasteiger partial charge in [0.2, 0.25) is 11.8 Å². The van der Waals surface area contributed by atoms with Gasteiger partial charge in [-0.05, 0) is 36.1 Å². The van der Waals surface area contributed by atoms with Gasteiger partial charge in [-0.1, -0.05) is 24.3 Å². The number of carbonyl (C=O) groups excluding carboxylic acids is 2. The van der Waals surface area contributed by atoms with E-state index in [1.54, 1.807) is 12.4 Å². The van der Waals surface area contributed by atoms with Crippen molar-refractivity contribution in [3.8, 4) is 0 Å². The molecule has 5 heteroatoms. The minimum atomic E-state index is -0.144. The van der Waals surface area contributed by atoms with Crippen LogP contribution in [0, 0.1) is 5.92 Å². The molecule has 2 heterocycles. The molecular formula is C18H19N3O2. The van der Waals surface area contributed by atoms with Gasteiger partial charge in [-0.3, -0.25) is 14.6 Å². The highest BCUT2D eigenvalue weighted by Gasteiger charge is 2.26. The summed E-state index contributed by atoms with van der Waals surface area (Å²) >= 11 is 0. The molecule has 1 aromatic heterocycles. The number of para-hydroxylation sites is 1. The normalized spacial score (nSPS) is 16.3. The Balaban J connectivity index is 1.48. The highest BCUT2D eigenvalue weighted by molar-refractivity contribution is 5.96. The van der Waals surface area contributed by atoms with Crippen LogP contribution >= 0.6 is 0 Å². The van der Waals surface area contributed by atoms with Gasteiger partial charge in [-0.2, -0.15) is 0 Å². The molecule has 3 rings (SSSR count). The Hall–Kier alpha value is -2.69. The number of nitrogens with zero attached hydrogens (tertiary/aromatic N) is 1. The topological polar surface area (TPSA) is 71.1 Å². The van der Waals surface area contributed by atoms with Gasteiger partial charge < -0.3 is 10.6 Å². The lowest BCUT2D eigenvalue weighted by Crippen LogP contribution is -2.31. The molecule has 0 spiro atoms. The molecule has 0 saturated carbocycles. The number of anilines is 1. The summed E-state index contributed by atoms with van der Waals surface area (Å²) in [5.41, 5.74) is 2.98. The van der Waals surface area contributed by atoms with Crippen molar-refractivity contribution < 1.29 is 9.59 Å². The van der Waals surface area contributed by atoms with Crippen LogP contribution in [0.2, 0.25) is 0 Å². The first-order valence-corrected chi connectivity index (χ1v) is 7.77. The van der Waals surface area contributed by atoms with Gasteiger partial charge in [-0.15, -0.1) is 0 Å². The van der Waals surface area contributed by atoms with Gasteiger partial charge in [0, 0.05) is 37.0 Å². The standard InChI is InChI=1S/C18H19N3O2/c22-17(20-12-13-4-3-9-19-11-13)8-7-15-10-14-5-1-2-6-16(14)21-18(15)23/h1-6,9,11,15H,7-8,10,12H2,(H,20,22)(H,21,23). The zero-order valence-electron chi connectivity index (χ0n) is 12.8. The Kier molecular flexibility index (Phi) is 4.66. The van der Waals surface area contributed by atoms with Crippen LogP contribution < -0.4 is 10.6 Å². The zero-order chi connectivity index (χ0) is 16.1. The van der Waals surface area contributed by atoms with E-state index in [4.69, 9.17) is 0 Å². The van der Waals surface area contributed by atoms with E-state index >= 15 is 0 Å². The quantitative estimate of drug-likeness (QED) is 0.890. The van der Waals surface area contributed by atoms with E-state index in [2.05, 4.69) is 15.6 Å². The van der Waals surface area contributed by atoms with E-state index in [9.17, 15) is 9.59 Å². The van der Waals surface area contributed by atoms with E-state index in [0.717, 1.165) is 16.8 Å². The number of amides is 2. The third-order valence-corrected chi connectivity index (χ3v) is 4.04. The van der Waals surface area contributed by atoms with Crippen LogP contribution in [0.15, 0.2) is 48.8 Å². The summed E-state index contributed by atoms with van der Waals surface area (Å²) in [5.74, 6) is -0.182. The van der Waals surface area contributed by atoms with Gasteiger partial charge in [-0.25, -0.2) is 0 Å². The molecule has 1 aromatic carbocycles. The summed E-state index contributed by atoms with van der Waals surface area (Å²) in [6, 6.07) is 11.6. The van der Waals surface area contributed by atoms with Crippen molar-refractivity contribution in [1.82, 2.24) is 10.3 Å². The Morgan fingerprint density at radius 2 is 2.13 bits per heavy atom. The summed E-state index contributed by atoms with van der Waals surface area (Å²) in [5, 5.41) is 5.77. The fourth-order valence-electron chi connectivity index (χ4n) is 2.74. The second kappa shape index (κ2) is 7.05. The van der Waals surface area contributed by atoms with Gasteiger partial charge in [0.05, 0.1) is 0 Å². The molecule has 1 aliphatic heterocycles. The Labute approximate surface area is 135 Å². The number of hydrogen-bond donors (Lipinski definition) is 2. The summed E-state index contributed by atoms with van der Waals surface area (Å²) in [6.45, 7) is 0.465. The zero-order valence-corrected chi connectivity index (χ0v) is 12.8. The van der Waals surface area contributed by atoms with Crippen molar-refractivity contribution in [3.63, 3.8) is 0 Å². The Morgan fingerprint density at radius 3 is 2.96 bits per heavy atom. The predicted octanol–water partition coefficient (Wildman–Crippen LogP) is 2.29. The molecule has 1 atom stereocenters. The van der Waals surface area contributed by atoms with Crippen LogP contribution in [0.1, 0.15) is 24.0 Å². The molecular weight excluding hydrogens is 290 g/mol. The summed E-state index contributed by atoms with van der Waals surface area (Å²) < 4.78 is 0. The molecule has 118 valence electrons. The number of benzene rings is 1. The minimum absolute atomic E-state index is 0.00348. The minimum Gasteiger partial charge on any atom is -0.352 e. The monoisotopic (exact) mass is 309 g/mol. The number of rotatable bonds is 5. The second-order valence-corrected chi connectivity index (χ2v) is 5.72. The molecule has 0 bridgehead atoms. The van der Waals surface area contributed by atoms with Crippen molar-refractivity contribution in [3.05, 3.63) is 59.9 Å². The lowest BCUT2D eigenvalue weighted by molar-refractivity contribution is -0.122. The number of fused-ring (bicyclic) bond motifs is 1. The highest BCUT2D eigenvalue weighted by Crippen LogP contribution is 2.27. The smallest absolute Gasteiger partial charge is 0.227 e. The number of carbonyl (C=O) groups is 2. The Bertz CT molecular complexity index is 700. The third-order valence-electron chi connectivity index (χ3n) is 4.04. The van der Waals surface area contributed by atoms with Crippen LogP contribution in [0.4, 0.5) is 5.69 Å². The van der Waals surface area contributed by atoms with Gasteiger partial charge >= 0.3 is 0 Å². The summed E-state index contributed by atoms with van der Waals surface area (Å²) in [7, 11) is 0. The first kappa shape index (κ1) is 15.2. The second-order valence-electron chi connectivity index (χ2n) is 5.72. The van der Waals surface area contributed by atoms with E-state index in [1.807, 2.05) is 36.4 Å². The molecule has 0 radical (unpaired) electrons. The molecule has 1 unspecified atom stereocenters. The van der Waals surface area contributed by atoms with Crippen LogP contribution in [0.3, 0.4) is 0 Å². The van der Waals surface area contributed by atoms with Crippen molar-refractivity contribution in [1.29, 1.82) is 0 Å². The fourth-order valence-corrected chi connectivity index (χ4v) is 2.74. The number of pyridine rings is 1. The molecule has 23 heavy (non-hydrogen) atoms. The largest absolute Gasteiger partial charge is 0.352 e. The molecule has 2 amide bonds. The summed E-state index contributed by atoms with van der Waals surface area (Å²) in [4.78, 5) is 28.1. The maximum absolute atomic E-state index is 12.1. The van der Waals surface area contributed by atoms with Crippen LogP contribution in [0.25, 0.3) is 0 Å². The average Bonchev–Trinajstić information content (AvgIpc) is 2.59. The van der Waals surface area contributed by atoms with Gasteiger partial charge in [0.1, 0.15) is 0 Å². The van der Waals surface area contributed by atoms with E-state index < -0.39 is 0 Å². The van der Waals surface area contributed by atoms with Crippen LogP contribution in [0.5, 0.6) is 0 Å². The van der Waals surface area contributed by atoms with Crippen LogP contribution in [-0.2, 0) is 22.6 Å². The maximum Gasteiger partial charge on any atom is 0.227 e. The molecule has 1 aliphatic rings. The number of hydrogen-bond acceptors (Lipinski definition) is 3. The lowest BCUT2D eigenvalue weighted by Gasteiger charge is -2.24. The SMILES string of the molecule is O=C(CCC1Cc2ccccc2NC1=O)NCc1cccnc1. The van der Waals surface area contributed by atoms with Gasteiger partial charge in [0.15, 0.2) is 0 Å². The van der Waals surface area contributed by atoms with Crippen LogP contribution in [-0.4, -0.2) is 16.8 Å². The lowest BCUT2D eigenvalue weighted by atomic mass is 9.89. The van der Waals surface area contributed by atoms with Crippen molar-refractivity contribution in [2.75, 3.05) is 5.32 Å². The van der Waals surface area contributed by atoms with Crippen molar-refractivity contribution in [2.24, 2.45) is 5.92 Å². The predicted molar refractivity (Wildman–Crippen MR) is 87.6 cm³/mol. The third kappa shape index (κ3) is 3.94. The van der Waals surface area contributed by atoms with Gasteiger partial charge in [0.25, 0.3) is 0 Å².